The van der Waals surface area contributed by atoms with Crippen LogP contribution in [0.2, 0.25) is 0 Å². The molecule has 0 aliphatic heterocycles. The fourth-order valence-electron chi connectivity index (χ4n) is 6.19. The Morgan fingerprint density at radius 3 is 1.19 bits per heavy atom. The monoisotopic (exact) mass is 757 g/mol. The van der Waals surface area contributed by atoms with Crippen LogP contribution in [0.4, 0.5) is 0 Å². The number of hydrogen-bond acceptors (Lipinski definition) is 6. The maximum Gasteiger partial charge on any atom is 0.469 e. The van der Waals surface area contributed by atoms with E-state index in [1.165, 1.54) is 135 Å². The van der Waals surface area contributed by atoms with Crippen molar-refractivity contribution in [3.05, 3.63) is 24.3 Å². The van der Waals surface area contributed by atoms with Crippen LogP contribution < -0.4 is 0 Å². The van der Waals surface area contributed by atoms with Gasteiger partial charge >= 0.3 is 19.8 Å². The van der Waals surface area contributed by atoms with Crippen LogP contribution in [0.3, 0.4) is 0 Å². The molecule has 0 fully saturated rings. The van der Waals surface area contributed by atoms with Crippen LogP contribution in [0.15, 0.2) is 24.3 Å². The lowest BCUT2D eigenvalue weighted by atomic mass is 10.0. The molecule has 0 unspecified atom stereocenters. The zero-order chi connectivity index (χ0) is 38.2. The molecule has 8 nitrogen and oxygen atoms in total. The van der Waals surface area contributed by atoms with Crippen LogP contribution in [0, 0.1) is 0 Å². The summed E-state index contributed by atoms with van der Waals surface area (Å²) in [7, 11) is -4.75. The number of esters is 2. The standard InChI is InChI=1S/C43H81O8P/c1-3-5-7-9-11-13-15-17-18-19-20-21-22-23-24-26-28-30-32-34-36-38-43(45)51-41(40-50-52(46,47)48)39-49-42(44)37-35-33-31-29-27-25-16-14-12-10-8-6-4-2/h17-18,25,27,41H,3-16,19-24,26,28-40H2,1-2H3,(H2,46,47,48)/b18-17+,27-25+/t41-/m1/s1. The van der Waals surface area contributed by atoms with Crippen LogP contribution in [-0.2, 0) is 28.2 Å². The zero-order valence-corrected chi connectivity index (χ0v) is 34.6. The fraction of sp³-hybridized carbons (Fsp3) is 0.860. The number of phosphoric ester groups is 1. The summed E-state index contributed by atoms with van der Waals surface area (Å²) < 4.78 is 26.4. The van der Waals surface area contributed by atoms with Gasteiger partial charge in [-0.2, -0.15) is 0 Å². The molecule has 0 spiro atoms. The first-order valence-corrected chi connectivity index (χ1v) is 23.2. The molecular weight excluding hydrogens is 675 g/mol. The van der Waals surface area contributed by atoms with E-state index in [0.717, 1.165) is 44.9 Å². The molecule has 0 bridgehead atoms. The summed E-state index contributed by atoms with van der Waals surface area (Å²) in [6, 6.07) is 0. The number of unbranched alkanes of at least 4 members (excludes halogenated alkanes) is 26. The van der Waals surface area contributed by atoms with Crippen LogP contribution in [0.1, 0.15) is 219 Å². The highest BCUT2D eigenvalue weighted by molar-refractivity contribution is 7.46. The van der Waals surface area contributed by atoms with Crippen molar-refractivity contribution in [3.63, 3.8) is 0 Å². The normalized spacial score (nSPS) is 12.6. The maximum absolute atomic E-state index is 12.4. The fourth-order valence-corrected chi connectivity index (χ4v) is 6.55. The van der Waals surface area contributed by atoms with Crippen LogP contribution >= 0.6 is 7.82 Å². The van der Waals surface area contributed by atoms with Crippen molar-refractivity contribution >= 4 is 19.8 Å². The molecule has 0 rings (SSSR count). The van der Waals surface area contributed by atoms with E-state index >= 15 is 0 Å². The SMILES string of the molecule is CCCCCCCC/C=C/CCCCCCCCCCCCCC(=O)O[C@H](COC(=O)CCCCC/C=C/CCCCCCCC)COP(=O)(O)O. The molecule has 0 saturated carbocycles. The molecule has 0 aromatic rings. The minimum Gasteiger partial charge on any atom is -0.462 e. The number of carbonyl (C=O) groups excluding carboxylic acids is 2. The summed E-state index contributed by atoms with van der Waals surface area (Å²) in [6.45, 7) is 3.67. The van der Waals surface area contributed by atoms with Crippen molar-refractivity contribution in [1.82, 2.24) is 0 Å². The largest absolute Gasteiger partial charge is 0.469 e. The molecular formula is C43H81O8P. The first kappa shape index (κ1) is 50.5. The van der Waals surface area contributed by atoms with Gasteiger partial charge in [-0.05, 0) is 64.2 Å². The van der Waals surface area contributed by atoms with E-state index in [1.807, 2.05) is 0 Å². The van der Waals surface area contributed by atoms with Crippen molar-refractivity contribution in [2.75, 3.05) is 13.2 Å². The number of phosphoric acid groups is 1. The first-order chi connectivity index (χ1) is 25.3. The summed E-state index contributed by atoms with van der Waals surface area (Å²) >= 11 is 0. The summed E-state index contributed by atoms with van der Waals surface area (Å²) in [4.78, 5) is 42.8. The quantitative estimate of drug-likeness (QED) is 0.0274. The molecule has 0 amide bonds. The molecule has 2 N–H and O–H groups in total. The second-order valence-electron chi connectivity index (χ2n) is 14.7. The topological polar surface area (TPSA) is 119 Å². The van der Waals surface area contributed by atoms with Gasteiger partial charge < -0.3 is 19.3 Å². The van der Waals surface area contributed by atoms with Gasteiger partial charge in [0.05, 0.1) is 6.61 Å². The van der Waals surface area contributed by atoms with E-state index in [2.05, 4.69) is 42.7 Å². The molecule has 306 valence electrons. The van der Waals surface area contributed by atoms with Crippen LogP contribution in [-0.4, -0.2) is 41.0 Å². The second kappa shape index (κ2) is 39.2. The van der Waals surface area contributed by atoms with E-state index < -0.39 is 32.5 Å². The van der Waals surface area contributed by atoms with Gasteiger partial charge in [-0.1, -0.05) is 167 Å². The van der Waals surface area contributed by atoms with Crippen molar-refractivity contribution in [2.24, 2.45) is 0 Å². The molecule has 0 radical (unpaired) electrons. The summed E-state index contributed by atoms with van der Waals surface area (Å²) in [5, 5.41) is 0. The van der Waals surface area contributed by atoms with Crippen LogP contribution in [0.5, 0.6) is 0 Å². The highest BCUT2D eigenvalue weighted by atomic mass is 31.2. The van der Waals surface area contributed by atoms with E-state index in [1.54, 1.807) is 0 Å². The van der Waals surface area contributed by atoms with E-state index in [4.69, 9.17) is 19.3 Å². The molecule has 9 heteroatoms. The maximum atomic E-state index is 12.4. The Labute approximate surface area is 319 Å². The van der Waals surface area contributed by atoms with Gasteiger partial charge in [-0.3, -0.25) is 14.1 Å². The van der Waals surface area contributed by atoms with Gasteiger partial charge in [-0.15, -0.1) is 0 Å². The summed E-state index contributed by atoms with van der Waals surface area (Å²) in [5.41, 5.74) is 0. The molecule has 0 heterocycles. The molecule has 0 aromatic heterocycles. The smallest absolute Gasteiger partial charge is 0.462 e. The minimum absolute atomic E-state index is 0.210. The van der Waals surface area contributed by atoms with Gasteiger partial charge in [0.2, 0.25) is 0 Å². The average molecular weight is 757 g/mol. The van der Waals surface area contributed by atoms with Gasteiger partial charge in [0, 0.05) is 12.8 Å². The van der Waals surface area contributed by atoms with E-state index in [-0.39, 0.29) is 19.4 Å². The molecule has 0 aromatic carbocycles. The Balaban J connectivity index is 3.87. The van der Waals surface area contributed by atoms with Crippen molar-refractivity contribution in [3.8, 4) is 0 Å². The predicted octanol–water partition coefficient (Wildman–Crippen LogP) is 13.2. The lowest BCUT2D eigenvalue weighted by Crippen LogP contribution is -2.29. The lowest BCUT2D eigenvalue weighted by molar-refractivity contribution is -0.161. The third kappa shape index (κ3) is 41.3. The van der Waals surface area contributed by atoms with Gasteiger partial charge in [0.1, 0.15) is 6.61 Å². The highest BCUT2D eigenvalue weighted by Gasteiger charge is 2.22. The third-order valence-electron chi connectivity index (χ3n) is 9.44. The molecule has 0 saturated heterocycles. The number of rotatable bonds is 40. The second-order valence-corrected chi connectivity index (χ2v) is 15.9. The lowest BCUT2D eigenvalue weighted by Gasteiger charge is -2.18. The Morgan fingerprint density at radius 1 is 0.481 bits per heavy atom. The highest BCUT2D eigenvalue weighted by Crippen LogP contribution is 2.36. The Hall–Kier alpha value is -1.47. The average Bonchev–Trinajstić information content (AvgIpc) is 3.11. The van der Waals surface area contributed by atoms with E-state index in [9.17, 15) is 14.2 Å². The van der Waals surface area contributed by atoms with Crippen molar-refractivity contribution < 1.29 is 37.9 Å². The number of hydrogen-bond donors (Lipinski definition) is 2. The molecule has 0 aliphatic rings. The van der Waals surface area contributed by atoms with E-state index in [0.29, 0.717) is 12.8 Å². The molecule has 1 atom stereocenters. The summed E-state index contributed by atoms with van der Waals surface area (Å²) in [5.74, 6) is -0.897. The van der Waals surface area contributed by atoms with Gasteiger partial charge in [0.25, 0.3) is 0 Å². The Bertz CT molecular complexity index is 900. The Kier molecular flexibility index (Phi) is 38.1. The number of ether oxygens (including phenoxy) is 2. The molecule has 0 aliphatic carbocycles. The number of allylic oxidation sites excluding steroid dienone is 4. The first-order valence-electron chi connectivity index (χ1n) is 21.6. The van der Waals surface area contributed by atoms with Gasteiger partial charge in [0.15, 0.2) is 6.10 Å². The predicted molar refractivity (Wildman–Crippen MR) is 216 cm³/mol. The van der Waals surface area contributed by atoms with Crippen molar-refractivity contribution in [2.45, 2.75) is 225 Å². The van der Waals surface area contributed by atoms with Gasteiger partial charge in [-0.25, -0.2) is 4.57 Å². The minimum atomic E-state index is -4.75. The number of carbonyl (C=O) groups is 2. The Morgan fingerprint density at radius 2 is 0.808 bits per heavy atom. The third-order valence-corrected chi connectivity index (χ3v) is 9.93. The van der Waals surface area contributed by atoms with Crippen molar-refractivity contribution in [1.29, 1.82) is 0 Å². The molecule has 52 heavy (non-hydrogen) atoms. The summed E-state index contributed by atoms with van der Waals surface area (Å²) in [6.07, 6.45) is 44.8. The van der Waals surface area contributed by atoms with Crippen LogP contribution in [0.25, 0.3) is 0 Å². The zero-order valence-electron chi connectivity index (χ0n) is 33.7.